The molecule has 0 fully saturated rings. The van der Waals surface area contributed by atoms with Crippen molar-refractivity contribution in [3.8, 4) is 11.5 Å². The van der Waals surface area contributed by atoms with Crippen LogP contribution in [0.4, 0.5) is 0 Å². The Hall–Kier alpha value is -2.44. The van der Waals surface area contributed by atoms with Gasteiger partial charge in [0.1, 0.15) is 11.5 Å². The van der Waals surface area contributed by atoms with Crippen molar-refractivity contribution in [2.45, 2.75) is 9.79 Å². The number of para-hydroxylation sites is 2. The van der Waals surface area contributed by atoms with E-state index in [1.54, 1.807) is 37.7 Å². The molecule has 136 valence electrons. The van der Waals surface area contributed by atoms with E-state index in [0.717, 1.165) is 48.2 Å². The third kappa shape index (κ3) is 3.55. The van der Waals surface area contributed by atoms with E-state index in [-0.39, 0.29) is 0 Å². The predicted octanol–water partition coefficient (Wildman–Crippen LogP) is 5.64. The fourth-order valence-corrected chi connectivity index (χ4v) is 5.13. The molecule has 0 bridgehead atoms. The minimum atomic E-state index is 0.798. The number of ether oxygens (including phenoxy) is 2. The van der Waals surface area contributed by atoms with Gasteiger partial charge in [-0.25, -0.2) is 0 Å². The second kappa shape index (κ2) is 8.06. The van der Waals surface area contributed by atoms with E-state index in [1.165, 1.54) is 0 Å². The lowest BCUT2D eigenvalue weighted by atomic mass is 10.2. The average molecular weight is 395 g/mol. The highest BCUT2D eigenvalue weighted by molar-refractivity contribution is 8.16. The molecule has 0 aliphatic heterocycles. The first-order chi connectivity index (χ1) is 13.3. The lowest BCUT2D eigenvalue weighted by Crippen LogP contribution is -1.92. The van der Waals surface area contributed by atoms with Crippen LogP contribution in [0.3, 0.4) is 0 Å². The van der Waals surface area contributed by atoms with Gasteiger partial charge in [-0.2, -0.15) is 0 Å². The lowest BCUT2D eigenvalue weighted by Gasteiger charge is -2.12. The molecule has 4 aromatic rings. The first-order valence-corrected chi connectivity index (χ1v) is 10.4. The van der Waals surface area contributed by atoms with Crippen LogP contribution < -0.4 is 9.47 Å². The molecule has 4 rings (SSSR count). The zero-order chi connectivity index (χ0) is 18.6. The monoisotopic (exact) mass is 394 g/mol. The fourth-order valence-electron chi connectivity index (χ4n) is 2.98. The summed E-state index contributed by atoms with van der Waals surface area (Å²) in [6.07, 6.45) is 3.75. The maximum absolute atomic E-state index is 5.66. The first-order valence-electron chi connectivity index (χ1n) is 8.41. The van der Waals surface area contributed by atoms with Gasteiger partial charge < -0.3 is 9.47 Å². The smallest absolute Gasteiger partial charge is 0.143 e. The molecule has 6 heteroatoms. The maximum Gasteiger partial charge on any atom is 0.143 e. The van der Waals surface area contributed by atoms with E-state index in [9.17, 15) is 0 Å². The van der Waals surface area contributed by atoms with Crippen molar-refractivity contribution in [3.63, 3.8) is 0 Å². The maximum atomic E-state index is 5.66. The van der Waals surface area contributed by atoms with Gasteiger partial charge in [0.05, 0.1) is 35.0 Å². The van der Waals surface area contributed by atoms with Gasteiger partial charge in [0.2, 0.25) is 0 Å². The number of pyridine rings is 2. The van der Waals surface area contributed by atoms with E-state index in [2.05, 4.69) is 9.97 Å². The van der Waals surface area contributed by atoms with Crippen molar-refractivity contribution >= 4 is 45.3 Å². The standard InChI is InChI=1S/C21H18N2O2S2/c1-24-20-14-7-3-5-9-16(14)22-11-18(20)26-13-27-19-12-23-17-10-6-4-8-15(17)21(19)25-2/h3-12H,13H2,1-2H3. The molecular formula is C21H18N2O2S2. The summed E-state index contributed by atoms with van der Waals surface area (Å²) in [6.45, 7) is 0. The van der Waals surface area contributed by atoms with Gasteiger partial charge in [0.15, 0.2) is 0 Å². The normalized spacial score (nSPS) is 11.0. The third-order valence-electron chi connectivity index (χ3n) is 4.22. The van der Waals surface area contributed by atoms with Crippen molar-refractivity contribution in [1.82, 2.24) is 9.97 Å². The van der Waals surface area contributed by atoms with Crippen LogP contribution in [-0.4, -0.2) is 29.3 Å². The molecule has 4 nitrogen and oxygen atoms in total. The molecule has 0 saturated carbocycles. The van der Waals surface area contributed by atoms with Crippen molar-refractivity contribution in [2.75, 3.05) is 19.3 Å². The molecule has 2 heterocycles. The van der Waals surface area contributed by atoms with Crippen LogP contribution >= 0.6 is 23.5 Å². The molecule has 0 atom stereocenters. The summed E-state index contributed by atoms with van der Waals surface area (Å²) in [6, 6.07) is 16.0. The second-order valence-corrected chi connectivity index (χ2v) is 8.15. The molecule has 27 heavy (non-hydrogen) atoms. The van der Waals surface area contributed by atoms with Crippen LogP contribution in [0.5, 0.6) is 11.5 Å². The second-order valence-electron chi connectivity index (χ2n) is 5.75. The van der Waals surface area contributed by atoms with E-state index in [0.29, 0.717) is 0 Å². The van der Waals surface area contributed by atoms with Crippen LogP contribution in [0.25, 0.3) is 21.8 Å². The Kier molecular flexibility index (Phi) is 5.36. The lowest BCUT2D eigenvalue weighted by molar-refractivity contribution is 0.409. The van der Waals surface area contributed by atoms with Gasteiger partial charge in [0.25, 0.3) is 0 Å². The van der Waals surface area contributed by atoms with Crippen LogP contribution in [0.15, 0.2) is 70.7 Å². The fraction of sp³-hybridized carbons (Fsp3) is 0.143. The number of hydrogen-bond acceptors (Lipinski definition) is 6. The van der Waals surface area contributed by atoms with E-state index in [1.807, 2.05) is 60.9 Å². The summed E-state index contributed by atoms with van der Waals surface area (Å²) < 4.78 is 11.3. The van der Waals surface area contributed by atoms with Crippen molar-refractivity contribution in [3.05, 3.63) is 60.9 Å². The predicted molar refractivity (Wildman–Crippen MR) is 113 cm³/mol. The van der Waals surface area contributed by atoms with Crippen LogP contribution in [0.1, 0.15) is 0 Å². The first kappa shape index (κ1) is 17.9. The number of rotatable bonds is 6. The minimum absolute atomic E-state index is 0.798. The molecule has 0 spiro atoms. The Morgan fingerprint density at radius 2 is 1.15 bits per heavy atom. The molecule has 2 aromatic carbocycles. The topological polar surface area (TPSA) is 44.2 Å². The number of aromatic nitrogens is 2. The molecular weight excluding hydrogens is 376 g/mol. The summed E-state index contributed by atoms with van der Waals surface area (Å²) in [5, 5.41) is 2.85. The number of hydrogen-bond donors (Lipinski definition) is 0. The van der Waals surface area contributed by atoms with Gasteiger partial charge in [-0.05, 0) is 24.3 Å². The molecule has 0 radical (unpaired) electrons. The highest BCUT2D eigenvalue weighted by Crippen LogP contribution is 2.40. The Morgan fingerprint density at radius 1 is 0.704 bits per heavy atom. The molecule has 2 aromatic heterocycles. The molecule has 0 saturated heterocycles. The number of nitrogens with zero attached hydrogens (tertiary/aromatic N) is 2. The number of thioether (sulfide) groups is 2. The van der Waals surface area contributed by atoms with Gasteiger partial charge in [-0.15, -0.1) is 23.5 Å². The summed E-state index contributed by atoms with van der Waals surface area (Å²) in [5.41, 5.74) is 1.87. The zero-order valence-electron chi connectivity index (χ0n) is 15.0. The highest BCUT2D eigenvalue weighted by atomic mass is 32.2. The van der Waals surface area contributed by atoms with Crippen LogP contribution in [0.2, 0.25) is 0 Å². The molecule has 0 amide bonds. The molecule has 0 N–H and O–H groups in total. The number of benzene rings is 2. The van der Waals surface area contributed by atoms with Gasteiger partial charge in [-0.1, -0.05) is 24.3 Å². The molecule has 0 unspecified atom stereocenters. The average Bonchev–Trinajstić information content (AvgIpc) is 2.73. The number of methoxy groups -OCH3 is 2. The largest absolute Gasteiger partial charge is 0.495 e. The van der Waals surface area contributed by atoms with Gasteiger partial charge >= 0.3 is 0 Å². The Balaban J connectivity index is 1.57. The van der Waals surface area contributed by atoms with Gasteiger partial charge in [-0.3, -0.25) is 9.97 Å². The molecule has 0 aliphatic rings. The van der Waals surface area contributed by atoms with Crippen LogP contribution in [-0.2, 0) is 0 Å². The van der Waals surface area contributed by atoms with Crippen molar-refractivity contribution in [2.24, 2.45) is 0 Å². The Bertz CT molecular complexity index is 1010. The van der Waals surface area contributed by atoms with E-state index in [4.69, 9.17) is 9.47 Å². The van der Waals surface area contributed by atoms with Crippen molar-refractivity contribution < 1.29 is 9.47 Å². The highest BCUT2D eigenvalue weighted by Gasteiger charge is 2.12. The number of fused-ring (bicyclic) bond motifs is 2. The van der Waals surface area contributed by atoms with Crippen LogP contribution in [0, 0.1) is 0 Å². The quantitative estimate of drug-likeness (QED) is 0.311. The van der Waals surface area contributed by atoms with E-state index >= 15 is 0 Å². The minimum Gasteiger partial charge on any atom is -0.495 e. The summed E-state index contributed by atoms with van der Waals surface area (Å²) in [7, 11) is 3.41. The van der Waals surface area contributed by atoms with E-state index < -0.39 is 0 Å². The zero-order valence-corrected chi connectivity index (χ0v) is 16.6. The Labute approximate surface area is 166 Å². The van der Waals surface area contributed by atoms with Gasteiger partial charge in [0, 0.05) is 28.3 Å². The SMILES string of the molecule is COc1c(SCSc2cnc3ccccc3c2OC)cnc2ccccc12. The summed E-state index contributed by atoms with van der Waals surface area (Å²) in [4.78, 5) is 11.1. The summed E-state index contributed by atoms with van der Waals surface area (Å²) in [5.74, 6) is 1.74. The Morgan fingerprint density at radius 3 is 1.59 bits per heavy atom. The molecule has 0 aliphatic carbocycles. The summed E-state index contributed by atoms with van der Waals surface area (Å²) >= 11 is 3.40. The van der Waals surface area contributed by atoms with Crippen molar-refractivity contribution in [1.29, 1.82) is 0 Å². The third-order valence-corrected chi connectivity index (χ3v) is 6.37.